The van der Waals surface area contributed by atoms with E-state index >= 15 is 0 Å². The number of halogens is 1. The highest BCUT2D eigenvalue weighted by Crippen LogP contribution is 2.27. The molecule has 0 aliphatic heterocycles. The lowest BCUT2D eigenvalue weighted by Crippen LogP contribution is -2.21. The van der Waals surface area contributed by atoms with Gasteiger partial charge in [0.25, 0.3) is 0 Å². The average molecular weight is 354 g/mol. The fourth-order valence-corrected chi connectivity index (χ4v) is 3.43. The molecule has 0 bridgehead atoms. The Balaban J connectivity index is 2.18. The summed E-state index contributed by atoms with van der Waals surface area (Å²) in [7, 11) is 4.01. The third-order valence-corrected chi connectivity index (χ3v) is 4.76. The summed E-state index contributed by atoms with van der Waals surface area (Å²) >= 11 is 3.62. The van der Waals surface area contributed by atoms with Gasteiger partial charge in [0.15, 0.2) is 0 Å². The van der Waals surface area contributed by atoms with Gasteiger partial charge in [0.1, 0.15) is 0 Å². The molecule has 1 atom stereocenters. The summed E-state index contributed by atoms with van der Waals surface area (Å²) in [6, 6.07) is 0.279. The van der Waals surface area contributed by atoms with E-state index in [4.69, 9.17) is 0 Å². The maximum absolute atomic E-state index is 4.50. The first-order valence-electron chi connectivity index (χ1n) is 7.37. The largest absolute Gasteiger partial charge is 0.312 e. The van der Waals surface area contributed by atoms with Gasteiger partial charge in [-0.1, -0.05) is 0 Å². The molecule has 2 rings (SSSR count). The summed E-state index contributed by atoms with van der Waals surface area (Å²) in [6.07, 6.45) is 3.91. The van der Waals surface area contributed by atoms with Crippen LogP contribution in [0.25, 0.3) is 0 Å². The Morgan fingerprint density at radius 3 is 2.62 bits per heavy atom. The summed E-state index contributed by atoms with van der Waals surface area (Å²) < 4.78 is 5.09. The molecule has 0 spiro atoms. The van der Waals surface area contributed by atoms with Crippen LogP contribution in [0.4, 0.5) is 0 Å². The highest BCUT2D eigenvalue weighted by atomic mass is 79.9. The fraction of sp³-hybridized carbons (Fsp3) is 0.600. The van der Waals surface area contributed by atoms with Crippen LogP contribution in [0.5, 0.6) is 0 Å². The van der Waals surface area contributed by atoms with Crippen molar-refractivity contribution in [1.82, 2.24) is 24.9 Å². The molecule has 1 N–H and O–H groups in total. The molecule has 2 aromatic rings. The molecule has 1 unspecified atom stereocenters. The van der Waals surface area contributed by atoms with Gasteiger partial charge in [-0.2, -0.15) is 10.2 Å². The quantitative estimate of drug-likeness (QED) is 0.868. The van der Waals surface area contributed by atoms with E-state index < -0.39 is 0 Å². The van der Waals surface area contributed by atoms with Gasteiger partial charge < -0.3 is 5.32 Å². The summed E-state index contributed by atoms with van der Waals surface area (Å²) in [6.45, 7) is 7.22. The molecule has 0 aliphatic rings. The van der Waals surface area contributed by atoms with Gasteiger partial charge in [-0.25, -0.2) is 0 Å². The smallest absolute Gasteiger partial charge is 0.0695 e. The summed E-state index contributed by atoms with van der Waals surface area (Å²) in [5, 5.41) is 12.3. The van der Waals surface area contributed by atoms with Crippen molar-refractivity contribution in [3.05, 3.63) is 33.3 Å². The van der Waals surface area contributed by atoms with Gasteiger partial charge in [-0.3, -0.25) is 9.36 Å². The first-order chi connectivity index (χ1) is 9.99. The minimum Gasteiger partial charge on any atom is -0.312 e. The average Bonchev–Trinajstić information content (AvgIpc) is 2.94. The van der Waals surface area contributed by atoms with Crippen LogP contribution in [0, 0.1) is 13.8 Å². The van der Waals surface area contributed by atoms with Gasteiger partial charge >= 0.3 is 0 Å². The molecular formula is C15H24BrN5. The van der Waals surface area contributed by atoms with Gasteiger partial charge in [-0.15, -0.1) is 0 Å². The molecule has 0 saturated carbocycles. The monoisotopic (exact) mass is 353 g/mol. The molecule has 21 heavy (non-hydrogen) atoms. The Labute approximate surface area is 134 Å². The number of aromatic nitrogens is 4. The Morgan fingerprint density at radius 2 is 2.10 bits per heavy atom. The fourth-order valence-electron chi connectivity index (χ4n) is 2.86. The molecule has 0 saturated heterocycles. The highest BCUT2D eigenvalue weighted by molar-refractivity contribution is 9.10. The number of nitrogens with one attached hydrogen (secondary N) is 1. The molecule has 116 valence electrons. The van der Waals surface area contributed by atoms with Crippen LogP contribution >= 0.6 is 15.9 Å². The van der Waals surface area contributed by atoms with Crippen LogP contribution in [0.15, 0.2) is 10.7 Å². The standard InChI is InChI=1S/C15H24BrN5/c1-6-21-15(13(16)9-18-21)14(17-4)8-7-12-10(2)19-20(5)11(12)3/h9,14,17H,6-8H2,1-5H3. The maximum Gasteiger partial charge on any atom is 0.0695 e. The Kier molecular flexibility index (Phi) is 5.22. The van der Waals surface area contributed by atoms with E-state index in [2.05, 4.69) is 52.2 Å². The number of hydrogen-bond donors (Lipinski definition) is 1. The van der Waals surface area contributed by atoms with Crippen molar-refractivity contribution in [2.45, 2.75) is 46.2 Å². The van der Waals surface area contributed by atoms with Gasteiger partial charge in [0.05, 0.1) is 28.1 Å². The van der Waals surface area contributed by atoms with Crippen molar-refractivity contribution in [3.63, 3.8) is 0 Å². The van der Waals surface area contributed by atoms with Gasteiger partial charge in [-0.05, 0) is 62.2 Å². The third-order valence-electron chi connectivity index (χ3n) is 4.15. The predicted octanol–water partition coefficient (Wildman–Crippen LogP) is 2.91. The summed E-state index contributed by atoms with van der Waals surface area (Å²) in [5.74, 6) is 0. The minimum atomic E-state index is 0.279. The molecular weight excluding hydrogens is 330 g/mol. The van der Waals surface area contributed by atoms with Crippen molar-refractivity contribution in [2.75, 3.05) is 7.05 Å². The zero-order valence-corrected chi connectivity index (χ0v) is 15.0. The number of aryl methyl sites for hydroxylation is 3. The first-order valence-corrected chi connectivity index (χ1v) is 8.16. The molecule has 5 nitrogen and oxygen atoms in total. The SMILES string of the molecule is CCn1ncc(Br)c1C(CCc1c(C)nn(C)c1C)NC. The molecule has 0 fully saturated rings. The zero-order valence-electron chi connectivity index (χ0n) is 13.4. The first kappa shape index (κ1) is 16.2. The van der Waals surface area contributed by atoms with E-state index in [1.165, 1.54) is 17.0 Å². The predicted molar refractivity (Wildman–Crippen MR) is 88.4 cm³/mol. The number of hydrogen-bond acceptors (Lipinski definition) is 3. The second kappa shape index (κ2) is 6.75. The van der Waals surface area contributed by atoms with Gasteiger partial charge in [0.2, 0.25) is 0 Å². The molecule has 0 amide bonds. The molecule has 0 aliphatic carbocycles. The van der Waals surface area contributed by atoms with E-state index in [1.807, 2.05) is 29.7 Å². The normalized spacial score (nSPS) is 12.9. The Hall–Kier alpha value is -1.14. The van der Waals surface area contributed by atoms with Gasteiger partial charge in [0, 0.05) is 19.3 Å². The third kappa shape index (κ3) is 3.21. The maximum atomic E-state index is 4.50. The number of rotatable bonds is 6. The van der Waals surface area contributed by atoms with E-state index in [0.717, 1.165) is 29.6 Å². The lowest BCUT2D eigenvalue weighted by atomic mass is 10.0. The second-order valence-corrected chi connectivity index (χ2v) is 6.20. The lowest BCUT2D eigenvalue weighted by Gasteiger charge is -2.18. The Bertz CT molecular complexity index is 614. The molecule has 0 radical (unpaired) electrons. The van der Waals surface area contributed by atoms with Crippen LogP contribution in [0.3, 0.4) is 0 Å². The van der Waals surface area contributed by atoms with Crippen LogP contribution in [0.1, 0.15) is 42.0 Å². The molecule has 2 aromatic heterocycles. The summed E-state index contributed by atoms with van der Waals surface area (Å²) in [5.41, 5.74) is 4.97. The van der Waals surface area contributed by atoms with Crippen LogP contribution in [0.2, 0.25) is 0 Å². The van der Waals surface area contributed by atoms with Crippen LogP contribution in [-0.4, -0.2) is 26.6 Å². The van der Waals surface area contributed by atoms with Crippen molar-refractivity contribution >= 4 is 15.9 Å². The van der Waals surface area contributed by atoms with Crippen molar-refractivity contribution in [3.8, 4) is 0 Å². The number of nitrogens with zero attached hydrogens (tertiary/aromatic N) is 4. The molecule has 0 aromatic carbocycles. The van der Waals surface area contributed by atoms with Crippen molar-refractivity contribution in [1.29, 1.82) is 0 Å². The van der Waals surface area contributed by atoms with E-state index in [-0.39, 0.29) is 6.04 Å². The van der Waals surface area contributed by atoms with Crippen molar-refractivity contribution < 1.29 is 0 Å². The summed E-state index contributed by atoms with van der Waals surface area (Å²) in [4.78, 5) is 0. The van der Waals surface area contributed by atoms with Crippen LogP contribution in [-0.2, 0) is 20.0 Å². The topological polar surface area (TPSA) is 47.7 Å². The molecule has 6 heteroatoms. The Morgan fingerprint density at radius 1 is 1.38 bits per heavy atom. The van der Waals surface area contributed by atoms with E-state index in [0.29, 0.717) is 0 Å². The van der Waals surface area contributed by atoms with E-state index in [1.54, 1.807) is 0 Å². The second-order valence-electron chi connectivity index (χ2n) is 5.35. The molecule has 2 heterocycles. The highest BCUT2D eigenvalue weighted by Gasteiger charge is 2.19. The minimum absolute atomic E-state index is 0.279. The van der Waals surface area contributed by atoms with E-state index in [9.17, 15) is 0 Å². The zero-order chi connectivity index (χ0) is 15.6. The van der Waals surface area contributed by atoms with Crippen LogP contribution < -0.4 is 5.32 Å². The lowest BCUT2D eigenvalue weighted by molar-refractivity contribution is 0.486. The van der Waals surface area contributed by atoms with Crippen molar-refractivity contribution in [2.24, 2.45) is 7.05 Å².